The second-order valence-electron chi connectivity index (χ2n) is 5.74. The maximum absolute atomic E-state index is 13.9. The van der Waals surface area contributed by atoms with Crippen molar-refractivity contribution in [3.63, 3.8) is 0 Å². The van der Waals surface area contributed by atoms with E-state index in [0.717, 1.165) is 12.8 Å². The average molecular weight is 327 g/mol. The maximum atomic E-state index is 13.9. The van der Waals surface area contributed by atoms with Crippen molar-refractivity contribution >= 4 is 5.97 Å². The first kappa shape index (κ1) is 19.5. The topological polar surface area (TPSA) is 51.3 Å². The second kappa shape index (κ2) is 12.0. The highest BCUT2D eigenvalue weighted by Crippen LogP contribution is 2.21. The number of hydrogen-bond acceptors (Lipinski definition) is 3. The molecule has 0 saturated heterocycles. The highest BCUT2D eigenvalue weighted by Gasteiger charge is 2.19. The number of hydrogen-bond donors (Lipinski definition) is 1. The van der Waals surface area contributed by atoms with Crippen LogP contribution in [-0.4, -0.2) is 24.2 Å². The predicted molar refractivity (Wildman–Crippen MR) is 89.4 cm³/mol. The lowest BCUT2D eigenvalue weighted by Crippen LogP contribution is -2.07. The van der Waals surface area contributed by atoms with E-state index in [1.54, 1.807) is 6.92 Å². The fraction of sp³-hybridized carbons (Fsp3) is 0.722. The van der Waals surface area contributed by atoms with Crippen LogP contribution in [0.1, 0.15) is 82.1 Å². The first-order chi connectivity index (χ1) is 11.2. The molecule has 0 amide bonds. The molecule has 0 radical (unpaired) electrons. The number of carbonyl (C=O) groups is 1. The van der Waals surface area contributed by atoms with Gasteiger partial charge in [-0.1, -0.05) is 58.3 Å². The van der Waals surface area contributed by atoms with E-state index in [4.69, 9.17) is 9.47 Å². The monoisotopic (exact) mass is 327 g/mol. The predicted octanol–water partition coefficient (Wildman–Crippen LogP) is 5.24. The van der Waals surface area contributed by atoms with Crippen molar-refractivity contribution in [3.8, 4) is 5.75 Å². The Bertz CT molecular complexity index is 445. The standard InChI is InChI=1S/C18H30FNO3/c1-3-5-6-7-8-9-10-11-12-13-23-15-14-20-17(16(15)19)18(21)22-4-2/h14,20H,3-13H2,1-2H3. The molecule has 1 rings (SSSR count). The number of ether oxygens (including phenoxy) is 2. The van der Waals surface area contributed by atoms with Crippen LogP contribution < -0.4 is 4.74 Å². The molecule has 0 fully saturated rings. The Balaban J connectivity index is 2.11. The lowest BCUT2D eigenvalue weighted by Gasteiger charge is -2.05. The third kappa shape index (κ3) is 7.53. The van der Waals surface area contributed by atoms with E-state index in [9.17, 15) is 9.18 Å². The fourth-order valence-electron chi connectivity index (χ4n) is 2.44. The van der Waals surface area contributed by atoms with Gasteiger partial charge in [0.1, 0.15) is 0 Å². The molecule has 23 heavy (non-hydrogen) atoms. The zero-order valence-electron chi connectivity index (χ0n) is 14.5. The molecule has 1 aromatic rings. The minimum absolute atomic E-state index is 0.0904. The van der Waals surface area contributed by atoms with E-state index in [0.29, 0.717) is 6.61 Å². The quantitative estimate of drug-likeness (QED) is 0.398. The molecule has 0 atom stereocenters. The normalized spacial score (nSPS) is 10.7. The molecule has 0 aliphatic carbocycles. The largest absolute Gasteiger partial charge is 0.489 e. The van der Waals surface area contributed by atoms with Crippen LogP contribution in [0.25, 0.3) is 0 Å². The number of halogens is 1. The summed E-state index contributed by atoms with van der Waals surface area (Å²) in [5, 5.41) is 0. The summed E-state index contributed by atoms with van der Waals surface area (Å²) in [6.45, 7) is 4.59. The molecule has 1 heterocycles. The van der Waals surface area contributed by atoms with Gasteiger partial charge >= 0.3 is 5.97 Å². The Morgan fingerprint density at radius 1 is 1.04 bits per heavy atom. The summed E-state index contributed by atoms with van der Waals surface area (Å²) in [5.74, 6) is -1.27. The maximum Gasteiger partial charge on any atom is 0.357 e. The Hall–Kier alpha value is -1.52. The molecule has 132 valence electrons. The highest BCUT2D eigenvalue weighted by atomic mass is 19.1. The van der Waals surface area contributed by atoms with Crippen LogP contribution >= 0.6 is 0 Å². The molecular weight excluding hydrogens is 297 g/mol. The van der Waals surface area contributed by atoms with Gasteiger partial charge in [0.2, 0.25) is 0 Å². The molecule has 1 N–H and O–H groups in total. The lowest BCUT2D eigenvalue weighted by atomic mass is 10.1. The Labute approximate surface area is 138 Å². The van der Waals surface area contributed by atoms with E-state index < -0.39 is 11.8 Å². The first-order valence-electron chi connectivity index (χ1n) is 8.87. The summed E-state index contributed by atoms with van der Waals surface area (Å²) in [4.78, 5) is 14.0. The fourth-order valence-corrected chi connectivity index (χ4v) is 2.44. The number of unbranched alkanes of at least 4 members (excludes halogenated alkanes) is 8. The molecule has 1 aromatic heterocycles. The molecule has 0 aliphatic heterocycles. The van der Waals surface area contributed by atoms with Crippen molar-refractivity contribution in [1.82, 2.24) is 4.98 Å². The van der Waals surface area contributed by atoms with Gasteiger partial charge < -0.3 is 14.5 Å². The van der Waals surface area contributed by atoms with Gasteiger partial charge in [0.15, 0.2) is 17.3 Å². The Kier molecular flexibility index (Phi) is 10.2. The second-order valence-corrected chi connectivity index (χ2v) is 5.74. The smallest absolute Gasteiger partial charge is 0.357 e. The average Bonchev–Trinajstić information content (AvgIpc) is 2.90. The van der Waals surface area contributed by atoms with Gasteiger partial charge in [-0.05, 0) is 13.3 Å². The van der Waals surface area contributed by atoms with Crippen molar-refractivity contribution in [1.29, 1.82) is 0 Å². The molecule has 0 saturated carbocycles. The SMILES string of the molecule is CCCCCCCCCCCOc1c[nH]c(C(=O)OCC)c1F. The van der Waals surface area contributed by atoms with E-state index in [2.05, 4.69) is 11.9 Å². The zero-order valence-corrected chi connectivity index (χ0v) is 14.5. The summed E-state index contributed by atoms with van der Waals surface area (Å²) in [6.07, 6.45) is 12.4. The third-order valence-corrected chi connectivity index (χ3v) is 3.77. The molecule has 4 nitrogen and oxygen atoms in total. The van der Waals surface area contributed by atoms with Gasteiger partial charge in [-0.2, -0.15) is 0 Å². The molecule has 0 aliphatic rings. The van der Waals surface area contributed by atoms with Crippen LogP contribution in [-0.2, 0) is 4.74 Å². The van der Waals surface area contributed by atoms with Crippen molar-refractivity contribution in [2.75, 3.05) is 13.2 Å². The van der Waals surface area contributed by atoms with E-state index in [1.807, 2.05) is 0 Å². The van der Waals surface area contributed by atoms with Crippen LogP contribution in [0.2, 0.25) is 0 Å². The summed E-state index contributed by atoms with van der Waals surface area (Å²) < 4.78 is 24.1. The van der Waals surface area contributed by atoms with E-state index in [1.165, 1.54) is 51.1 Å². The number of carbonyl (C=O) groups excluding carboxylic acids is 1. The number of rotatable bonds is 13. The van der Waals surface area contributed by atoms with E-state index >= 15 is 0 Å². The van der Waals surface area contributed by atoms with E-state index in [-0.39, 0.29) is 18.1 Å². The van der Waals surface area contributed by atoms with Gasteiger partial charge in [0.05, 0.1) is 13.2 Å². The summed E-state index contributed by atoms with van der Waals surface area (Å²) >= 11 is 0. The van der Waals surface area contributed by atoms with Crippen LogP contribution in [0.4, 0.5) is 4.39 Å². The minimum atomic E-state index is -0.692. The highest BCUT2D eigenvalue weighted by molar-refractivity contribution is 5.88. The number of aromatic amines is 1. The number of esters is 1. The molecule has 0 spiro atoms. The van der Waals surface area contributed by atoms with Crippen LogP contribution in [0.5, 0.6) is 5.75 Å². The molecule has 5 heteroatoms. The van der Waals surface area contributed by atoms with Gasteiger partial charge in [0, 0.05) is 6.20 Å². The van der Waals surface area contributed by atoms with Crippen LogP contribution in [0, 0.1) is 5.82 Å². The van der Waals surface area contributed by atoms with Crippen molar-refractivity contribution in [2.24, 2.45) is 0 Å². The van der Waals surface area contributed by atoms with Gasteiger partial charge in [-0.15, -0.1) is 0 Å². The van der Waals surface area contributed by atoms with Gasteiger partial charge in [-0.3, -0.25) is 0 Å². The van der Waals surface area contributed by atoms with Gasteiger partial charge in [0.25, 0.3) is 0 Å². The van der Waals surface area contributed by atoms with Crippen molar-refractivity contribution < 1.29 is 18.7 Å². The summed E-state index contributed by atoms with van der Waals surface area (Å²) in [5.41, 5.74) is -0.172. The minimum Gasteiger partial charge on any atom is -0.489 e. The van der Waals surface area contributed by atoms with Crippen LogP contribution in [0.3, 0.4) is 0 Å². The first-order valence-corrected chi connectivity index (χ1v) is 8.87. The lowest BCUT2D eigenvalue weighted by molar-refractivity contribution is 0.0514. The van der Waals surface area contributed by atoms with Gasteiger partial charge in [-0.25, -0.2) is 9.18 Å². The Morgan fingerprint density at radius 2 is 1.65 bits per heavy atom. The molecule has 0 unspecified atom stereocenters. The zero-order chi connectivity index (χ0) is 16.9. The number of nitrogens with one attached hydrogen (secondary N) is 1. The Morgan fingerprint density at radius 3 is 2.26 bits per heavy atom. The van der Waals surface area contributed by atoms with Crippen molar-refractivity contribution in [2.45, 2.75) is 71.6 Å². The third-order valence-electron chi connectivity index (χ3n) is 3.77. The summed E-state index contributed by atoms with van der Waals surface area (Å²) in [6, 6.07) is 0. The summed E-state index contributed by atoms with van der Waals surface area (Å²) in [7, 11) is 0. The molecule has 0 bridgehead atoms. The number of aromatic nitrogens is 1. The number of H-pyrrole nitrogens is 1. The van der Waals surface area contributed by atoms with Crippen molar-refractivity contribution in [3.05, 3.63) is 17.7 Å². The van der Waals surface area contributed by atoms with Crippen LogP contribution in [0.15, 0.2) is 6.20 Å². The molecule has 0 aromatic carbocycles. The molecular formula is C18H30FNO3.